The van der Waals surface area contributed by atoms with E-state index in [0.717, 1.165) is 17.0 Å². The molecule has 0 saturated heterocycles. The molecule has 1 aromatic carbocycles. The van der Waals surface area contributed by atoms with E-state index < -0.39 is 0 Å². The van der Waals surface area contributed by atoms with Crippen molar-refractivity contribution in [1.29, 1.82) is 0 Å². The average Bonchev–Trinajstić information content (AvgIpc) is 3.05. The molecule has 2 amide bonds. The Bertz CT molecular complexity index is 584. The van der Waals surface area contributed by atoms with Gasteiger partial charge in [-0.05, 0) is 26.0 Å². The largest absolute Gasteiger partial charge is 0.494 e. The number of para-hydroxylation sites is 1. The second-order valence-corrected chi connectivity index (χ2v) is 4.80. The minimum Gasteiger partial charge on any atom is -0.494 e. The van der Waals surface area contributed by atoms with E-state index in [4.69, 9.17) is 4.74 Å². The van der Waals surface area contributed by atoms with Crippen LogP contribution in [0.15, 0.2) is 36.5 Å². The van der Waals surface area contributed by atoms with E-state index in [1.165, 1.54) is 0 Å². The summed E-state index contributed by atoms with van der Waals surface area (Å²) in [5, 5.41) is 9.56. The molecule has 1 aromatic heterocycles. The number of aromatic nitrogens is 2. The molecular weight excluding hydrogens is 280 g/mol. The molecular formula is C16H22N4O2. The maximum absolute atomic E-state index is 12.3. The molecule has 2 aromatic rings. The van der Waals surface area contributed by atoms with E-state index in [1.807, 2.05) is 44.2 Å². The molecule has 0 radical (unpaired) electrons. The van der Waals surface area contributed by atoms with Gasteiger partial charge in [0, 0.05) is 18.3 Å². The number of ether oxygens (including phenoxy) is 1. The maximum atomic E-state index is 12.3. The van der Waals surface area contributed by atoms with E-state index in [-0.39, 0.29) is 6.03 Å². The van der Waals surface area contributed by atoms with E-state index in [9.17, 15) is 4.79 Å². The number of benzene rings is 1. The summed E-state index contributed by atoms with van der Waals surface area (Å²) in [6, 6.07) is 9.52. The third-order valence-corrected chi connectivity index (χ3v) is 3.29. The number of H-pyrrole nitrogens is 1. The smallest absolute Gasteiger partial charge is 0.318 e. The average molecular weight is 302 g/mol. The molecule has 0 unspecified atom stereocenters. The summed E-state index contributed by atoms with van der Waals surface area (Å²) < 4.78 is 5.61. The third-order valence-electron chi connectivity index (χ3n) is 3.29. The van der Waals surface area contributed by atoms with Gasteiger partial charge in [0.2, 0.25) is 0 Å². The highest BCUT2D eigenvalue weighted by molar-refractivity contribution is 5.74. The summed E-state index contributed by atoms with van der Waals surface area (Å²) in [6.45, 7) is 6.08. The Morgan fingerprint density at radius 3 is 2.82 bits per heavy atom. The predicted molar refractivity (Wildman–Crippen MR) is 84.5 cm³/mol. The molecule has 118 valence electrons. The summed E-state index contributed by atoms with van der Waals surface area (Å²) in [4.78, 5) is 14.0. The highest BCUT2D eigenvalue weighted by atomic mass is 16.5. The number of urea groups is 1. The quantitative estimate of drug-likeness (QED) is 0.825. The number of amides is 2. The Morgan fingerprint density at radius 2 is 2.14 bits per heavy atom. The highest BCUT2D eigenvalue weighted by Crippen LogP contribution is 2.19. The summed E-state index contributed by atoms with van der Waals surface area (Å²) in [5.41, 5.74) is 1.88. The Morgan fingerprint density at radius 1 is 1.32 bits per heavy atom. The molecule has 6 heteroatoms. The van der Waals surface area contributed by atoms with Crippen molar-refractivity contribution in [1.82, 2.24) is 20.4 Å². The lowest BCUT2D eigenvalue weighted by Gasteiger charge is -2.22. The fourth-order valence-corrected chi connectivity index (χ4v) is 2.13. The molecule has 0 fully saturated rings. The van der Waals surface area contributed by atoms with Crippen LogP contribution in [0.3, 0.4) is 0 Å². The second-order valence-electron chi connectivity index (χ2n) is 4.80. The first kappa shape index (κ1) is 15.9. The first-order valence-corrected chi connectivity index (χ1v) is 7.46. The van der Waals surface area contributed by atoms with Gasteiger partial charge in [-0.3, -0.25) is 5.10 Å². The topological polar surface area (TPSA) is 70.2 Å². The number of aromatic amines is 1. The molecule has 6 nitrogen and oxygen atoms in total. The van der Waals surface area contributed by atoms with Gasteiger partial charge < -0.3 is 15.0 Å². The van der Waals surface area contributed by atoms with Crippen LogP contribution in [0.5, 0.6) is 5.75 Å². The number of hydrogen-bond donors (Lipinski definition) is 2. The minimum atomic E-state index is -0.108. The second kappa shape index (κ2) is 8.07. The van der Waals surface area contributed by atoms with E-state index >= 15 is 0 Å². The molecule has 0 aliphatic rings. The van der Waals surface area contributed by atoms with Crippen LogP contribution < -0.4 is 10.1 Å². The first-order chi connectivity index (χ1) is 10.7. The van der Waals surface area contributed by atoms with E-state index in [2.05, 4.69) is 15.5 Å². The number of carbonyl (C=O) groups is 1. The molecule has 0 saturated carbocycles. The Hall–Kier alpha value is -2.50. The molecule has 0 aliphatic heterocycles. The fraction of sp³-hybridized carbons (Fsp3) is 0.375. The zero-order valence-corrected chi connectivity index (χ0v) is 13.0. The van der Waals surface area contributed by atoms with Crippen LogP contribution in [0.1, 0.15) is 25.1 Å². The SMILES string of the molecule is CCOc1ccccc1CN(CC)C(=O)NCc1ccn[nH]1. The zero-order valence-electron chi connectivity index (χ0n) is 13.0. The molecule has 2 N–H and O–H groups in total. The fourth-order valence-electron chi connectivity index (χ4n) is 2.13. The van der Waals surface area contributed by atoms with E-state index in [1.54, 1.807) is 11.1 Å². The molecule has 2 rings (SSSR count). The van der Waals surface area contributed by atoms with Gasteiger partial charge in [-0.25, -0.2) is 4.79 Å². The van der Waals surface area contributed by atoms with Crippen LogP contribution in [0, 0.1) is 0 Å². The van der Waals surface area contributed by atoms with Crippen molar-refractivity contribution < 1.29 is 9.53 Å². The van der Waals surface area contributed by atoms with Gasteiger partial charge in [0.25, 0.3) is 0 Å². The number of nitrogens with zero attached hydrogens (tertiary/aromatic N) is 2. The van der Waals surface area contributed by atoms with Crippen LogP contribution in [0.4, 0.5) is 4.79 Å². The lowest BCUT2D eigenvalue weighted by molar-refractivity contribution is 0.196. The van der Waals surface area contributed by atoms with Gasteiger partial charge in [0.05, 0.1) is 25.4 Å². The van der Waals surface area contributed by atoms with Gasteiger partial charge in [-0.15, -0.1) is 0 Å². The van der Waals surface area contributed by atoms with E-state index in [0.29, 0.717) is 26.2 Å². The van der Waals surface area contributed by atoms with Gasteiger partial charge in [-0.2, -0.15) is 5.10 Å². The number of rotatable bonds is 7. The molecule has 0 spiro atoms. The lowest BCUT2D eigenvalue weighted by Crippen LogP contribution is -2.39. The van der Waals surface area contributed by atoms with Crippen molar-refractivity contribution in [3.63, 3.8) is 0 Å². The van der Waals surface area contributed by atoms with Gasteiger partial charge in [0.1, 0.15) is 5.75 Å². The van der Waals surface area contributed by atoms with Crippen molar-refractivity contribution in [3.05, 3.63) is 47.8 Å². The maximum Gasteiger partial charge on any atom is 0.318 e. The molecule has 0 atom stereocenters. The standard InChI is InChI=1S/C16H22N4O2/c1-3-20(16(21)17-11-14-9-10-18-19-14)12-13-7-5-6-8-15(13)22-4-2/h5-10H,3-4,11-12H2,1-2H3,(H,17,21)(H,18,19). The van der Waals surface area contributed by atoms with Crippen molar-refractivity contribution in [2.45, 2.75) is 26.9 Å². The summed E-state index contributed by atoms with van der Waals surface area (Å²) in [6.07, 6.45) is 1.66. The first-order valence-electron chi connectivity index (χ1n) is 7.46. The monoisotopic (exact) mass is 302 g/mol. The Labute approximate surface area is 130 Å². The molecule has 22 heavy (non-hydrogen) atoms. The molecule has 1 heterocycles. The van der Waals surface area contributed by atoms with Crippen LogP contribution in [-0.4, -0.2) is 34.3 Å². The van der Waals surface area contributed by atoms with Crippen LogP contribution in [0.2, 0.25) is 0 Å². The lowest BCUT2D eigenvalue weighted by atomic mass is 10.2. The van der Waals surface area contributed by atoms with Crippen LogP contribution in [0.25, 0.3) is 0 Å². The van der Waals surface area contributed by atoms with Crippen molar-refractivity contribution in [2.24, 2.45) is 0 Å². The predicted octanol–water partition coefficient (Wildman–Crippen LogP) is 2.54. The summed E-state index contributed by atoms with van der Waals surface area (Å²) in [5.74, 6) is 0.824. The van der Waals surface area contributed by atoms with Gasteiger partial charge >= 0.3 is 6.03 Å². The van der Waals surface area contributed by atoms with Crippen molar-refractivity contribution >= 4 is 6.03 Å². The summed E-state index contributed by atoms with van der Waals surface area (Å²) >= 11 is 0. The third kappa shape index (κ3) is 4.25. The molecule has 0 bridgehead atoms. The zero-order chi connectivity index (χ0) is 15.8. The van der Waals surface area contributed by atoms with Crippen molar-refractivity contribution in [2.75, 3.05) is 13.2 Å². The number of carbonyl (C=O) groups excluding carboxylic acids is 1. The Kier molecular flexibility index (Phi) is 5.82. The minimum absolute atomic E-state index is 0.108. The normalized spacial score (nSPS) is 10.3. The Balaban J connectivity index is 1.97. The number of nitrogens with one attached hydrogen (secondary N) is 2. The van der Waals surface area contributed by atoms with Crippen molar-refractivity contribution in [3.8, 4) is 5.75 Å². The van der Waals surface area contributed by atoms with Crippen LogP contribution >= 0.6 is 0 Å². The summed E-state index contributed by atoms with van der Waals surface area (Å²) in [7, 11) is 0. The van der Waals surface area contributed by atoms with Gasteiger partial charge in [0.15, 0.2) is 0 Å². The molecule has 0 aliphatic carbocycles. The highest BCUT2D eigenvalue weighted by Gasteiger charge is 2.14. The van der Waals surface area contributed by atoms with Gasteiger partial charge in [-0.1, -0.05) is 18.2 Å². The van der Waals surface area contributed by atoms with Crippen LogP contribution in [-0.2, 0) is 13.1 Å². The number of hydrogen-bond acceptors (Lipinski definition) is 3.